The predicted octanol–water partition coefficient (Wildman–Crippen LogP) is 3.70. The highest BCUT2D eigenvalue weighted by Gasteiger charge is 2.14. The van der Waals surface area contributed by atoms with Crippen LogP contribution in [0.2, 0.25) is 5.02 Å². The van der Waals surface area contributed by atoms with Crippen LogP contribution < -0.4 is 5.73 Å². The molecule has 0 saturated heterocycles. The summed E-state index contributed by atoms with van der Waals surface area (Å²) >= 11 is 7.82. The molecule has 0 aliphatic heterocycles. The molecule has 3 nitrogen and oxygen atoms in total. The molecule has 2 N–H and O–H groups in total. The van der Waals surface area contributed by atoms with Crippen molar-refractivity contribution in [2.24, 2.45) is 0 Å². The van der Waals surface area contributed by atoms with E-state index in [0.717, 1.165) is 36.6 Å². The first-order valence-electron chi connectivity index (χ1n) is 5.19. The van der Waals surface area contributed by atoms with E-state index in [4.69, 9.17) is 17.3 Å². The van der Waals surface area contributed by atoms with Gasteiger partial charge in [-0.2, -0.15) is 0 Å². The molecule has 3 aromatic heterocycles. The van der Waals surface area contributed by atoms with Gasteiger partial charge >= 0.3 is 0 Å². The van der Waals surface area contributed by atoms with Crippen molar-refractivity contribution in [3.05, 3.63) is 28.5 Å². The molecule has 0 bridgehead atoms. The van der Waals surface area contributed by atoms with E-state index >= 15 is 0 Å². The predicted molar refractivity (Wildman–Crippen MR) is 73.8 cm³/mol. The molecule has 0 fully saturated rings. The summed E-state index contributed by atoms with van der Waals surface area (Å²) in [5, 5.41) is 2.91. The number of nitrogens with zero attached hydrogens (tertiary/aromatic N) is 2. The van der Waals surface area contributed by atoms with Crippen LogP contribution >= 0.6 is 22.9 Å². The average Bonchev–Trinajstić information content (AvgIpc) is 2.66. The number of nitrogens with two attached hydrogens (primary N) is 1. The summed E-state index contributed by atoms with van der Waals surface area (Å²) in [7, 11) is 0. The number of fused-ring (bicyclic) bond motifs is 3. The van der Waals surface area contributed by atoms with Crippen molar-refractivity contribution < 1.29 is 0 Å². The minimum atomic E-state index is 0.554. The topological polar surface area (TPSA) is 51.8 Å². The number of nitrogen functional groups attached to an aromatic ring is 1. The molecule has 0 radical (unpaired) electrons. The second-order valence-corrected chi connectivity index (χ2v) is 5.37. The monoisotopic (exact) mass is 263 g/mol. The normalized spacial score (nSPS) is 11.5. The zero-order valence-electron chi connectivity index (χ0n) is 9.41. The van der Waals surface area contributed by atoms with E-state index in [-0.39, 0.29) is 0 Å². The number of aromatic nitrogens is 2. The fourth-order valence-electron chi connectivity index (χ4n) is 2.06. The molecule has 0 saturated carbocycles. The molecule has 5 heteroatoms. The van der Waals surface area contributed by atoms with Gasteiger partial charge in [0.05, 0.1) is 15.4 Å². The first-order valence-corrected chi connectivity index (χ1v) is 6.38. The van der Waals surface area contributed by atoms with Gasteiger partial charge in [0, 0.05) is 17.0 Å². The van der Waals surface area contributed by atoms with Gasteiger partial charge < -0.3 is 5.73 Å². The number of anilines is 1. The lowest BCUT2D eigenvalue weighted by Gasteiger charge is -2.03. The Bertz CT molecular complexity index is 748. The molecule has 0 aliphatic rings. The van der Waals surface area contributed by atoms with E-state index in [1.165, 1.54) is 0 Å². The molecular weight excluding hydrogens is 254 g/mol. The Morgan fingerprint density at radius 2 is 2.12 bits per heavy atom. The van der Waals surface area contributed by atoms with Crippen LogP contribution in [0.1, 0.15) is 11.3 Å². The SMILES string of the molecule is Cc1nc2sc3c(N)nccc3c2c(C)c1Cl. The van der Waals surface area contributed by atoms with Crippen LogP contribution in [0.5, 0.6) is 0 Å². The summed E-state index contributed by atoms with van der Waals surface area (Å²) in [6.45, 7) is 3.93. The molecule has 0 aliphatic carbocycles. The van der Waals surface area contributed by atoms with Crippen molar-refractivity contribution in [3.63, 3.8) is 0 Å². The fourth-order valence-corrected chi connectivity index (χ4v) is 3.37. The number of rotatable bonds is 0. The molecule has 3 aromatic rings. The standard InChI is InChI=1S/C12H10ClN3S/c1-5-8-7-3-4-15-11(14)10(7)17-12(8)16-6(2)9(5)13/h3-4H,1-2H3,(H2,14,15). The highest BCUT2D eigenvalue weighted by molar-refractivity contribution is 7.26. The van der Waals surface area contributed by atoms with Crippen LogP contribution in [-0.2, 0) is 0 Å². The fraction of sp³-hybridized carbons (Fsp3) is 0.167. The Labute approximate surface area is 107 Å². The summed E-state index contributed by atoms with van der Waals surface area (Å²) in [5.41, 5.74) is 7.80. The van der Waals surface area contributed by atoms with Gasteiger partial charge in [-0.25, -0.2) is 9.97 Å². The smallest absolute Gasteiger partial charge is 0.141 e. The van der Waals surface area contributed by atoms with Gasteiger partial charge in [0.15, 0.2) is 0 Å². The third kappa shape index (κ3) is 1.41. The molecule has 17 heavy (non-hydrogen) atoms. The molecule has 0 atom stereocenters. The number of hydrogen-bond donors (Lipinski definition) is 1. The van der Waals surface area contributed by atoms with Crippen molar-refractivity contribution in [2.75, 3.05) is 5.73 Å². The lowest BCUT2D eigenvalue weighted by atomic mass is 10.1. The molecule has 0 amide bonds. The summed E-state index contributed by atoms with van der Waals surface area (Å²) in [6, 6.07) is 1.96. The van der Waals surface area contributed by atoms with Crippen molar-refractivity contribution >= 4 is 49.1 Å². The Hall–Kier alpha value is -1.39. The van der Waals surface area contributed by atoms with Gasteiger partial charge in [0.2, 0.25) is 0 Å². The highest BCUT2D eigenvalue weighted by Crippen LogP contribution is 2.39. The van der Waals surface area contributed by atoms with Gasteiger partial charge in [-0.15, -0.1) is 11.3 Å². The van der Waals surface area contributed by atoms with Crippen molar-refractivity contribution in [3.8, 4) is 0 Å². The molecule has 0 aromatic carbocycles. The van der Waals surface area contributed by atoms with Crippen LogP contribution in [-0.4, -0.2) is 9.97 Å². The minimum Gasteiger partial charge on any atom is -0.383 e. The van der Waals surface area contributed by atoms with Crippen molar-refractivity contribution in [1.82, 2.24) is 9.97 Å². The number of aryl methyl sites for hydroxylation is 2. The van der Waals surface area contributed by atoms with Crippen LogP contribution in [0, 0.1) is 13.8 Å². The van der Waals surface area contributed by atoms with Crippen LogP contribution in [0.15, 0.2) is 12.3 Å². The Morgan fingerprint density at radius 3 is 2.88 bits per heavy atom. The second-order valence-electron chi connectivity index (χ2n) is 3.99. The van der Waals surface area contributed by atoms with E-state index in [1.54, 1.807) is 17.5 Å². The second kappa shape index (κ2) is 3.55. The van der Waals surface area contributed by atoms with Gasteiger partial charge in [0.25, 0.3) is 0 Å². The van der Waals surface area contributed by atoms with Gasteiger partial charge in [-0.1, -0.05) is 11.6 Å². The number of pyridine rings is 2. The number of thiophene rings is 1. The quantitative estimate of drug-likeness (QED) is 0.673. The first-order chi connectivity index (χ1) is 8.09. The Morgan fingerprint density at radius 1 is 1.35 bits per heavy atom. The molecule has 3 rings (SSSR count). The zero-order valence-corrected chi connectivity index (χ0v) is 11.0. The third-order valence-corrected chi connectivity index (χ3v) is 4.58. The summed E-state index contributed by atoms with van der Waals surface area (Å²) in [6.07, 6.45) is 1.72. The Kier molecular flexibility index (Phi) is 2.24. The van der Waals surface area contributed by atoms with Gasteiger partial charge in [-0.3, -0.25) is 0 Å². The first kappa shape index (κ1) is 10.7. The van der Waals surface area contributed by atoms with Crippen LogP contribution in [0.4, 0.5) is 5.82 Å². The summed E-state index contributed by atoms with van der Waals surface area (Å²) in [4.78, 5) is 9.59. The van der Waals surface area contributed by atoms with Gasteiger partial charge in [0.1, 0.15) is 10.6 Å². The Balaban J connectivity index is 2.62. The van der Waals surface area contributed by atoms with E-state index in [1.807, 2.05) is 19.9 Å². The summed E-state index contributed by atoms with van der Waals surface area (Å²) in [5.74, 6) is 0.554. The summed E-state index contributed by atoms with van der Waals surface area (Å²) < 4.78 is 0.986. The van der Waals surface area contributed by atoms with Crippen molar-refractivity contribution in [2.45, 2.75) is 13.8 Å². The van der Waals surface area contributed by atoms with Crippen LogP contribution in [0.25, 0.3) is 20.3 Å². The number of halogens is 1. The molecule has 3 heterocycles. The lowest BCUT2D eigenvalue weighted by Crippen LogP contribution is -1.88. The maximum absolute atomic E-state index is 6.25. The highest BCUT2D eigenvalue weighted by atomic mass is 35.5. The largest absolute Gasteiger partial charge is 0.383 e. The maximum Gasteiger partial charge on any atom is 0.141 e. The van der Waals surface area contributed by atoms with E-state index in [9.17, 15) is 0 Å². The minimum absolute atomic E-state index is 0.554. The molecule has 86 valence electrons. The molecule has 0 spiro atoms. The third-order valence-electron chi connectivity index (χ3n) is 2.91. The molecule has 0 unspecified atom stereocenters. The van der Waals surface area contributed by atoms with E-state index in [2.05, 4.69) is 9.97 Å². The molecular formula is C12H10ClN3S. The van der Waals surface area contributed by atoms with Gasteiger partial charge in [-0.05, 0) is 25.5 Å². The zero-order chi connectivity index (χ0) is 12.2. The van der Waals surface area contributed by atoms with E-state index < -0.39 is 0 Å². The van der Waals surface area contributed by atoms with Crippen LogP contribution in [0.3, 0.4) is 0 Å². The van der Waals surface area contributed by atoms with E-state index in [0.29, 0.717) is 5.82 Å². The number of hydrogen-bond acceptors (Lipinski definition) is 4. The average molecular weight is 264 g/mol. The maximum atomic E-state index is 6.25. The van der Waals surface area contributed by atoms with Crippen molar-refractivity contribution in [1.29, 1.82) is 0 Å². The lowest BCUT2D eigenvalue weighted by molar-refractivity contribution is 1.25.